The van der Waals surface area contributed by atoms with Crippen molar-refractivity contribution < 1.29 is 19.0 Å². The summed E-state index contributed by atoms with van der Waals surface area (Å²) in [5.74, 6) is 2.30. The number of fused-ring (bicyclic) bond motifs is 1. The van der Waals surface area contributed by atoms with Gasteiger partial charge in [0.15, 0.2) is 11.5 Å². The van der Waals surface area contributed by atoms with Gasteiger partial charge < -0.3 is 19.5 Å². The van der Waals surface area contributed by atoms with E-state index in [4.69, 9.17) is 14.2 Å². The summed E-state index contributed by atoms with van der Waals surface area (Å²) < 4.78 is 16.4. The van der Waals surface area contributed by atoms with Crippen LogP contribution in [0.3, 0.4) is 0 Å². The summed E-state index contributed by atoms with van der Waals surface area (Å²) >= 11 is 0. The van der Waals surface area contributed by atoms with Gasteiger partial charge in [0.2, 0.25) is 5.91 Å². The molecule has 0 bridgehead atoms. The highest BCUT2D eigenvalue weighted by atomic mass is 16.5. The van der Waals surface area contributed by atoms with E-state index >= 15 is 0 Å². The van der Waals surface area contributed by atoms with Crippen LogP contribution in [-0.2, 0) is 24.2 Å². The second-order valence-corrected chi connectivity index (χ2v) is 8.96. The predicted octanol–water partition coefficient (Wildman–Crippen LogP) is 4.48. The average molecular weight is 475 g/mol. The van der Waals surface area contributed by atoms with Gasteiger partial charge in [-0.15, -0.1) is 0 Å². The second kappa shape index (κ2) is 11.3. The number of carbonyl (C=O) groups is 1. The van der Waals surface area contributed by atoms with Gasteiger partial charge in [0, 0.05) is 19.1 Å². The van der Waals surface area contributed by atoms with Crippen LogP contribution in [0.1, 0.15) is 33.9 Å². The number of nitrogens with zero attached hydrogens (tertiary/aromatic N) is 1. The van der Waals surface area contributed by atoms with Gasteiger partial charge in [0.05, 0.1) is 27.9 Å². The Bertz CT molecular complexity index is 1180. The van der Waals surface area contributed by atoms with E-state index in [0.29, 0.717) is 24.6 Å². The molecule has 0 saturated carbocycles. The van der Waals surface area contributed by atoms with E-state index in [-0.39, 0.29) is 11.9 Å². The van der Waals surface area contributed by atoms with Crippen LogP contribution in [0.2, 0.25) is 0 Å². The Morgan fingerprint density at radius 3 is 2.51 bits per heavy atom. The molecule has 6 nitrogen and oxygen atoms in total. The third kappa shape index (κ3) is 5.95. The molecule has 1 aliphatic heterocycles. The molecule has 184 valence electrons. The maximum atomic E-state index is 13.0. The van der Waals surface area contributed by atoms with Crippen molar-refractivity contribution >= 4 is 5.91 Å². The largest absolute Gasteiger partial charge is 0.497 e. The molecule has 6 heteroatoms. The lowest BCUT2D eigenvalue weighted by Crippen LogP contribution is -2.43. The van der Waals surface area contributed by atoms with Crippen LogP contribution in [0.5, 0.6) is 17.2 Å². The van der Waals surface area contributed by atoms with E-state index < -0.39 is 0 Å². The zero-order chi connectivity index (χ0) is 24.8. The summed E-state index contributed by atoms with van der Waals surface area (Å²) in [6.07, 6.45) is 1.63. The topological polar surface area (TPSA) is 60.0 Å². The number of rotatable bonds is 9. The van der Waals surface area contributed by atoms with Crippen LogP contribution >= 0.6 is 0 Å². The van der Waals surface area contributed by atoms with Gasteiger partial charge in [0.1, 0.15) is 5.75 Å². The van der Waals surface area contributed by atoms with Crippen molar-refractivity contribution in [3.63, 3.8) is 0 Å². The van der Waals surface area contributed by atoms with Gasteiger partial charge in [-0.1, -0.05) is 42.0 Å². The highest BCUT2D eigenvalue weighted by Crippen LogP contribution is 2.36. The fourth-order valence-corrected chi connectivity index (χ4v) is 4.79. The highest BCUT2D eigenvalue weighted by molar-refractivity contribution is 5.78. The summed E-state index contributed by atoms with van der Waals surface area (Å²) in [5, 5.41) is 3.10. The van der Waals surface area contributed by atoms with Crippen molar-refractivity contribution in [2.24, 2.45) is 0 Å². The Kier molecular flexibility index (Phi) is 7.93. The molecule has 0 aromatic heterocycles. The summed E-state index contributed by atoms with van der Waals surface area (Å²) in [4.78, 5) is 15.2. The predicted molar refractivity (Wildman–Crippen MR) is 137 cm³/mol. The fourth-order valence-electron chi connectivity index (χ4n) is 4.79. The minimum atomic E-state index is 0.0285. The van der Waals surface area contributed by atoms with Crippen molar-refractivity contribution in [2.45, 2.75) is 32.4 Å². The number of methoxy groups -OCH3 is 3. The van der Waals surface area contributed by atoms with Crippen molar-refractivity contribution in [3.05, 3.63) is 88.5 Å². The summed E-state index contributed by atoms with van der Waals surface area (Å²) in [6, 6.07) is 20.6. The Morgan fingerprint density at radius 1 is 0.943 bits per heavy atom. The lowest BCUT2D eigenvalue weighted by atomic mass is 9.88. The highest BCUT2D eigenvalue weighted by Gasteiger charge is 2.29. The summed E-state index contributed by atoms with van der Waals surface area (Å²) in [5.41, 5.74) is 5.93. The third-order valence-electron chi connectivity index (χ3n) is 6.61. The first-order valence-electron chi connectivity index (χ1n) is 11.9. The van der Waals surface area contributed by atoms with Crippen molar-refractivity contribution in [1.29, 1.82) is 0 Å². The summed E-state index contributed by atoms with van der Waals surface area (Å²) in [7, 11) is 4.98. The molecule has 4 rings (SSSR count). The summed E-state index contributed by atoms with van der Waals surface area (Å²) in [6.45, 7) is 3.73. The van der Waals surface area contributed by atoms with Gasteiger partial charge in [-0.25, -0.2) is 0 Å². The molecule has 1 heterocycles. The average Bonchev–Trinajstić information content (AvgIpc) is 2.88. The van der Waals surface area contributed by atoms with Gasteiger partial charge >= 0.3 is 0 Å². The zero-order valence-electron chi connectivity index (χ0n) is 21.0. The van der Waals surface area contributed by atoms with Crippen LogP contribution in [0.15, 0.2) is 60.7 Å². The first-order chi connectivity index (χ1) is 17.0. The lowest BCUT2D eigenvalue weighted by molar-refractivity contribution is -0.123. The van der Waals surface area contributed by atoms with Crippen molar-refractivity contribution in [2.75, 3.05) is 34.4 Å². The second-order valence-electron chi connectivity index (χ2n) is 8.96. The van der Waals surface area contributed by atoms with E-state index in [2.05, 4.69) is 47.5 Å². The molecule has 0 spiro atoms. The number of hydrogen-bond donors (Lipinski definition) is 1. The molecule has 1 aliphatic rings. The molecule has 1 N–H and O–H groups in total. The molecule has 1 atom stereocenters. The Morgan fingerprint density at radius 2 is 1.77 bits per heavy atom. The fraction of sp³-hybridized carbons (Fsp3) is 0.345. The number of amides is 1. The van der Waals surface area contributed by atoms with Gasteiger partial charge in [-0.05, 0) is 66.3 Å². The van der Waals surface area contributed by atoms with Crippen LogP contribution in [-0.4, -0.2) is 45.2 Å². The number of carbonyl (C=O) groups excluding carboxylic acids is 1. The molecular formula is C29H34N2O4. The number of benzene rings is 3. The maximum absolute atomic E-state index is 13.0. The van der Waals surface area contributed by atoms with Crippen LogP contribution in [0.4, 0.5) is 0 Å². The molecule has 0 saturated heterocycles. The van der Waals surface area contributed by atoms with E-state index in [9.17, 15) is 4.79 Å². The molecule has 0 fully saturated rings. The minimum Gasteiger partial charge on any atom is -0.497 e. The first-order valence-corrected chi connectivity index (χ1v) is 11.9. The van der Waals surface area contributed by atoms with E-state index in [0.717, 1.165) is 36.3 Å². The van der Waals surface area contributed by atoms with Crippen LogP contribution in [0, 0.1) is 6.92 Å². The Labute approximate surface area is 207 Å². The van der Waals surface area contributed by atoms with E-state index in [1.165, 1.54) is 16.7 Å². The molecule has 3 aromatic carbocycles. The first kappa shape index (κ1) is 24.6. The quantitative estimate of drug-likeness (QED) is 0.496. The number of nitrogens with one attached hydrogen (secondary N) is 1. The lowest BCUT2D eigenvalue weighted by Gasteiger charge is -2.37. The monoisotopic (exact) mass is 474 g/mol. The molecule has 0 aliphatic carbocycles. The standard InChI is InChI=1S/C29H34N2O4/c1-20-6-5-7-22(14-20)18-30-29(32)19-31-13-12-23-17-24(33-2)9-10-25(23)26(31)15-21-8-11-27(34-3)28(16-21)35-4/h5-11,14,16-17,26H,12-13,15,18-19H2,1-4H3,(H,30,32). The molecule has 1 amide bonds. The SMILES string of the molecule is COc1ccc2c(c1)CCN(CC(=O)NCc1cccc(C)c1)C2Cc1ccc(OC)c(OC)c1. The van der Waals surface area contributed by atoms with Gasteiger partial charge in [-0.3, -0.25) is 9.69 Å². The molecular weight excluding hydrogens is 440 g/mol. The molecule has 3 aromatic rings. The number of aryl methyl sites for hydroxylation is 1. The molecule has 35 heavy (non-hydrogen) atoms. The van der Waals surface area contributed by atoms with Crippen molar-refractivity contribution in [1.82, 2.24) is 10.2 Å². The number of hydrogen-bond acceptors (Lipinski definition) is 5. The Balaban J connectivity index is 1.54. The van der Waals surface area contributed by atoms with Crippen molar-refractivity contribution in [3.8, 4) is 17.2 Å². The molecule has 1 unspecified atom stereocenters. The van der Waals surface area contributed by atoms with Gasteiger partial charge in [-0.2, -0.15) is 0 Å². The molecule has 0 radical (unpaired) electrons. The normalized spacial score (nSPS) is 15.3. The van der Waals surface area contributed by atoms with E-state index in [1.54, 1.807) is 21.3 Å². The smallest absolute Gasteiger partial charge is 0.234 e. The maximum Gasteiger partial charge on any atom is 0.234 e. The van der Waals surface area contributed by atoms with Crippen LogP contribution in [0.25, 0.3) is 0 Å². The van der Waals surface area contributed by atoms with Gasteiger partial charge in [0.25, 0.3) is 0 Å². The third-order valence-corrected chi connectivity index (χ3v) is 6.61. The zero-order valence-corrected chi connectivity index (χ0v) is 21.0. The van der Waals surface area contributed by atoms with Crippen LogP contribution < -0.4 is 19.5 Å². The Hall–Kier alpha value is -3.51. The number of ether oxygens (including phenoxy) is 3. The van der Waals surface area contributed by atoms with E-state index in [1.807, 2.05) is 30.3 Å². The minimum absolute atomic E-state index is 0.0285.